The van der Waals surface area contributed by atoms with Crippen LogP contribution in [0.25, 0.3) is 0 Å². The van der Waals surface area contributed by atoms with Crippen molar-refractivity contribution in [1.29, 1.82) is 0 Å². The van der Waals surface area contributed by atoms with Crippen LogP contribution >= 0.6 is 0 Å². The van der Waals surface area contributed by atoms with E-state index in [0.717, 1.165) is 12.8 Å². The predicted octanol–water partition coefficient (Wildman–Crippen LogP) is 1.28. The van der Waals surface area contributed by atoms with Gasteiger partial charge in [0.2, 0.25) is 5.91 Å². The number of carbonyl (C=O) groups is 4. The lowest BCUT2D eigenvalue weighted by molar-refractivity contribution is -0.143. The van der Waals surface area contributed by atoms with Crippen LogP contribution in [0.15, 0.2) is 24.3 Å². The zero-order valence-electron chi connectivity index (χ0n) is 19.2. The molecule has 1 spiro atoms. The van der Waals surface area contributed by atoms with E-state index < -0.39 is 11.6 Å². The molecule has 0 bridgehead atoms. The van der Waals surface area contributed by atoms with Crippen molar-refractivity contribution in [2.45, 2.75) is 50.2 Å². The van der Waals surface area contributed by atoms with Gasteiger partial charge < -0.3 is 24.6 Å². The first-order valence-electron chi connectivity index (χ1n) is 12.1. The molecule has 0 unspecified atom stereocenters. The molecule has 1 aliphatic carbocycles. The van der Waals surface area contributed by atoms with E-state index in [2.05, 4.69) is 5.32 Å². The van der Waals surface area contributed by atoms with Crippen molar-refractivity contribution >= 4 is 29.4 Å². The van der Waals surface area contributed by atoms with Crippen LogP contribution in [0.2, 0.25) is 0 Å². The molecule has 5 rings (SSSR count). The standard InChI is InChI=1S/C24H30N4O6/c29-20(8-5-11-27-22(31)24(25-23(27)32)9-3-4-10-24)28-16-19(21(30)26-12-14-33-15-13-26)34-18-7-2-1-6-17(18)28/h1-2,6-7,19H,3-5,8-16H2,(H,25,32)/t19-/m0/s1. The average Bonchev–Trinajstić information content (AvgIpc) is 3.43. The molecule has 0 radical (unpaired) electrons. The number of para-hydroxylation sites is 2. The maximum Gasteiger partial charge on any atom is 0.325 e. The fourth-order valence-electron chi connectivity index (χ4n) is 5.31. The molecule has 10 heteroatoms. The molecule has 182 valence electrons. The summed E-state index contributed by atoms with van der Waals surface area (Å²) in [5.41, 5.74) is -0.115. The number of hydrogen-bond acceptors (Lipinski definition) is 6. The van der Waals surface area contributed by atoms with Crippen molar-refractivity contribution in [3.05, 3.63) is 24.3 Å². The first-order chi connectivity index (χ1) is 16.5. The third kappa shape index (κ3) is 4.11. The summed E-state index contributed by atoms with van der Waals surface area (Å²) in [7, 11) is 0. The Labute approximate surface area is 198 Å². The predicted molar refractivity (Wildman–Crippen MR) is 121 cm³/mol. The van der Waals surface area contributed by atoms with E-state index in [9.17, 15) is 19.2 Å². The first kappa shape index (κ1) is 22.6. The van der Waals surface area contributed by atoms with Gasteiger partial charge in [-0.25, -0.2) is 4.79 Å². The minimum atomic E-state index is -0.787. The largest absolute Gasteiger partial charge is 0.476 e. The maximum absolute atomic E-state index is 13.2. The lowest BCUT2D eigenvalue weighted by Gasteiger charge is -2.37. The summed E-state index contributed by atoms with van der Waals surface area (Å²) in [6.45, 7) is 2.30. The van der Waals surface area contributed by atoms with E-state index in [1.165, 1.54) is 4.90 Å². The highest BCUT2D eigenvalue weighted by molar-refractivity contribution is 6.07. The van der Waals surface area contributed by atoms with E-state index in [1.54, 1.807) is 28.0 Å². The summed E-state index contributed by atoms with van der Waals surface area (Å²) in [6, 6.07) is 6.81. The van der Waals surface area contributed by atoms with Gasteiger partial charge in [0.05, 0.1) is 25.4 Å². The number of imide groups is 1. The summed E-state index contributed by atoms with van der Waals surface area (Å²) >= 11 is 0. The maximum atomic E-state index is 13.2. The van der Waals surface area contributed by atoms with Crippen LogP contribution in [-0.2, 0) is 19.1 Å². The molecular weight excluding hydrogens is 440 g/mol. The second kappa shape index (κ2) is 9.25. The smallest absolute Gasteiger partial charge is 0.325 e. The van der Waals surface area contributed by atoms with Crippen LogP contribution in [0, 0.1) is 0 Å². The van der Waals surface area contributed by atoms with Crippen molar-refractivity contribution < 1.29 is 28.7 Å². The Morgan fingerprint density at radius 2 is 1.82 bits per heavy atom. The van der Waals surface area contributed by atoms with Gasteiger partial charge in [0.25, 0.3) is 11.8 Å². The molecule has 1 aromatic carbocycles. The summed E-state index contributed by atoms with van der Waals surface area (Å²) in [5, 5.41) is 2.87. The van der Waals surface area contributed by atoms with Gasteiger partial charge in [0.15, 0.2) is 6.10 Å². The number of amides is 5. The number of morpholine rings is 1. The van der Waals surface area contributed by atoms with Crippen LogP contribution in [-0.4, -0.2) is 84.6 Å². The van der Waals surface area contributed by atoms with Gasteiger partial charge >= 0.3 is 6.03 Å². The number of anilines is 1. The quantitative estimate of drug-likeness (QED) is 0.650. The van der Waals surface area contributed by atoms with Crippen molar-refractivity contribution in [2.24, 2.45) is 0 Å². The molecule has 1 aromatic rings. The third-order valence-corrected chi connectivity index (χ3v) is 7.15. The van der Waals surface area contributed by atoms with Crippen LogP contribution in [0.4, 0.5) is 10.5 Å². The highest BCUT2D eigenvalue weighted by atomic mass is 16.5. The van der Waals surface area contributed by atoms with Crippen LogP contribution in [0.1, 0.15) is 38.5 Å². The van der Waals surface area contributed by atoms with Crippen molar-refractivity contribution in [3.8, 4) is 5.75 Å². The van der Waals surface area contributed by atoms with Gasteiger partial charge in [-0.2, -0.15) is 0 Å². The zero-order chi connectivity index (χ0) is 23.7. The Bertz CT molecular complexity index is 985. The van der Waals surface area contributed by atoms with Crippen LogP contribution < -0.4 is 15.0 Å². The van der Waals surface area contributed by atoms with E-state index in [4.69, 9.17) is 9.47 Å². The van der Waals surface area contributed by atoms with Crippen LogP contribution in [0.3, 0.4) is 0 Å². The Morgan fingerprint density at radius 1 is 1.09 bits per heavy atom. The summed E-state index contributed by atoms with van der Waals surface area (Å²) in [5.74, 6) is -0.00344. The fraction of sp³-hybridized carbons (Fsp3) is 0.583. The van der Waals surface area contributed by atoms with Gasteiger partial charge in [-0.3, -0.25) is 19.3 Å². The average molecular weight is 471 g/mol. The van der Waals surface area contributed by atoms with E-state index >= 15 is 0 Å². The number of fused-ring (bicyclic) bond motifs is 1. The molecule has 3 heterocycles. The lowest BCUT2D eigenvalue weighted by Crippen LogP contribution is -2.54. The van der Waals surface area contributed by atoms with Crippen LogP contribution in [0.5, 0.6) is 5.75 Å². The van der Waals surface area contributed by atoms with Gasteiger partial charge in [-0.15, -0.1) is 0 Å². The normalized spacial score (nSPS) is 23.6. The molecule has 3 fully saturated rings. The highest BCUT2D eigenvalue weighted by Gasteiger charge is 2.52. The number of hydrogen-bond donors (Lipinski definition) is 1. The zero-order valence-corrected chi connectivity index (χ0v) is 19.2. The Morgan fingerprint density at radius 3 is 2.59 bits per heavy atom. The number of ether oxygens (including phenoxy) is 2. The molecule has 4 aliphatic rings. The Balaban J connectivity index is 1.23. The SMILES string of the molecule is O=C([C@@H]1CN(C(=O)CCCN2C(=O)NC3(CCCC3)C2=O)c2ccccc2O1)N1CCOCC1. The number of rotatable bonds is 5. The summed E-state index contributed by atoms with van der Waals surface area (Å²) < 4.78 is 11.3. The van der Waals surface area contributed by atoms with Gasteiger partial charge in [-0.05, 0) is 31.4 Å². The summed E-state index contributed by atoms with van der Waals surface area (Å²) in [4.78, 5) is 56.0. The van der Waals surface area contributed by atoms with E-state index in [0.29, 0.717) is 57.0 Å². The van der Waals surface area contributed by atoms with Gasteiger partial charge in [0, 0.05) is 26.1 Å². The Kier molecular flexibility index (Phi) is 6.16. The number of benzene rings is 1. The molecule has 0 aromatic heterocycles. The molecule has 1 N–H and O–H groups in total. The highest BCUT2D eigenvalue weighted by Crippen LogP contribution is 2.36. The van der Waals surface area contributed by atoms with Crippen molar-refractivity contribution in [3.63, 3.8) is 0 Å². The molecule has 34 heavy (non-hydrogen) atoms. The van der Waals surface area contributed by atoms with Gasteiger partial charge in [-0.1, -0.05) is 25.0 Å². The van der Waals surface area contributed by atoms with E-state index in [1.807, 2.05) is 6.07 Å². The molecule has 5 amide bonds. The minimum Gasteiger partial charge on any atom is -0.476 e. The molecule has 10 nitrogen and oxygen atoms in total. The minimum absolute atomic E-state index is 0.123. The topological polar surface area (TPSA) is 108 Å². The lowest BCUT2D eigenvalue weighted by atomic mass is 9.98. The van der Waals surface area contributed by atoms with Crippen molar-refractivity contribution in [1.82, 2.24) is 15.1 Å². The third-order valence-electron chi connectivity index (χ3n) is 7.15. The number of carbonyl (C=O) groups excluding carboxylic acids is 4. The van der Waals surface area contributed by atoms with Gasteiger partial charge in [0.1, 0.15) is 11.3 Å². The second-order valence-corrected chi connectivity index (χ2v) is 9.30. The second-order valence-electron chi connectivity index (χ2n) is 9.30. The molecule has 1 atom stereocenters. The van der Waals surface area contributed by atoms with E-state index in [-0.39, 0.29) is 43.3 Å². The molecule has 3 aliphatic heterocycles. The van der Waals surface area contributed by atoms with Crippen molar-refractivity contribution in [2.75, 3.05) is 44.3 Å². The number of nitrogens with one attached hydrogen (secondary N) is 1. The number of nitrogens with zero attached hydrogens (tertiary/aromatic N) is 3. The first-order valence-corrected chi connectivity index (χ1v) is 12.1. The number of urea groups is 1. The summed E-state index contributed by atoms with van der Waals surface area (Å²) in [6.07, 6.45) is 2.93. The molecule has 1 saturated carbocycles. The Hall–Kier alpha value is -3.14. The molecular formula is C24H30N4O6. The molecule has 2 saturated heterocycles. The fourth-order valence-corrected chi connectivity index (χ4v) is 5.31. The monoisotopic (exact) mass is 470 g/mol.